The topological polar surface area (TPSA) is 29.3 Å². The van der Waals surface area contributed by atoms with Crippen LogP contribution in [0.3, 0.4) is 0 Å². The molecule has 1 aromatic carbocycles. The number of aryl methyl sites for hydroxylation is 1. The summed E-state index contributed by atoms with van der Waals surface area (Å²) < 4.78 is 0. The summed E-state index contributed by atoms with van der Waals surface area (Å²) in [4.78, 5) is 2.40. The quantitative estimate of drug-likeness (QED) is 0.802. The highest BCUT2D eigenvalue weighted by atomic mass is 15.1. The minimum Gasteiger partial charge on any atom is -0.372 e. The van der Waals surface area contributed by atoms with Gasteiger partial charge < -0.3 is 10.6 Å². The Labute approximate surface area is 93.1 Å². The van der Waals surface area contributed by atoms with E-state index in [1.54, 1.807) is 0 Å². The Morgan fingerprint density at radius 2 is 2.00 bits per heavy atom. The maximum absolute atomic E-state index is 5.76. The molecule has 1 rings (SSSR count). The van der Waals surface area contributed by atoms with Crippen molar-refractivity contribution in [1.82, 2.24) is 0 Å². The monoisotopic (exact) mass is 206 g/mol. The number of hydrogen-bond donors (Lipinski definition) is 1. The summed E-state index contributed by atoms with van der Waals surface area (Å²) in [5.74, 6) is 0. The second-order valence-electron chi connectivity index (χ2n) is 3.92. The first-order chi connectivity index (χ1) is 7.22. The molecule has 0 heterocycles. The summed E-state index contributed by atoms with van der Waals surface area (Å²) in [6.45, 7) is 9.30. The zero-order valence-electron chi connectivity index (χ0n) is 10.1. The average molecular weight is 206 g/mol. The van der Waals surface area contributed by atoms with Crippen molar-refractivity contribution < 1.29 is 0 Å². The number of rotatable bonds is 5. The molecule has 0 radical (unpaired) electrons. The molecule has 0 saturated heterocycles. The second kappa shape index (κ2) is 5.76. The number of benzene rings is 1. The number of nitrogens with two attached hydrogens (primary N) is 1. The third kappa shape index (κ3) is 2.96. The highest BCUT2D eigenvalue weighted by molar-refractivity contribution is 5.55. The van der Waals surface area contributed by atoms with E-state index in [0.29, 0.717) is 6.54 Å². The van der Waals surface area contributed by atoms with Crippen LogP contribution in [0.5, 0.6) is 0 Å². The van der Waals surface area contributed by atoms with Crippen LogP contribution in [0.25, 0.3) is 0 Å². The van der Waals surface area contributed by atoms with Crippen molar-refractivity contribution in [3.05, 3.63) is 29.3 Å². The molecule has 2 N–H and O–H groups in total. The predicted molar refractivity (Wildman–Crippen MR) is 67.2 cm³/mol. The highest BCUT2D eigenvalue weighted by Crippen LogP contribution is 2.22. The van der Waals surface area contributed by atoms with Gasteiger partial charge in [0.2, 0.25) is 0 Å². The van der Waals surface area contributed by atoms with Gasteiger partial charge in [0.1, 0.15) is 0 Å². The van der Waals surface area contributed by atoms with E-state index in [2.05, 4.69) is 43.9 Å². The fourth-order valence-electron chi connectivity index (χ4n) is 1.86. The molecule has 0 unspecified atom stereocenters. The van der Waals surface area contributed by atoms with Crippen LogP contribution in [-0.2, 0) is 6.54 Å². The molecule has 0 amide bonds. The number of hydrogen-bond acceptors (Lipinski definition) is 2. The van der Waals surface area contributed by atoms with Gasteiger partial charge >= 0.3 is 0 Å². The van der Waals surface area contributed by atoms with E-state index in [1.807, 2.05) is 0 Å². The maximum Gasteiger partial charge on any atom is 0.0414 e. The maximum atomic E-state index is 5.76. The zero-order valence-corrected chi connectivity index (χ0v) is 10.1. The van der Waals surface area contributed by atoms with Gasteiger partial charge in [0.25, 0.3) is 0 Å². The molecule has 0 aliphatic carbocycles. The molecule has 1 aromatic rings. The van der Waals surface area contributed by atoms with Crippen molar-refractivity contribution >= 4 is 5.69 Å². The average Bonchev–Trinajstić information content (AvgIpc) is 2.26. The summed E-state index contributed by atoms with van der Waals surface area (Å²) in [6.07, 6.45) is 1.17. The molecule has 0 bridgehead atoms. The molecule has 2 nitrogen and oxygen atoms in total. The smallest absolute Gasteiger partial charge is 0.0414 e. The van der Waals surface area contributed by atoms with Crippen molar-refractivity contribution in [2.45, 2.75) is 33.7 Å². The Bertz CT molecular complexity index is 307. The normalized spacial score (nSPS) is 10.4. The SMILES string of the molecule is CCCN(CC)c1cc(C)ccc1CN. The third-order valence-electron chi connectivity index (χ3n) is 2.68. The molecule has 2 heteroatoms. The van der Waals surface area contributed by atoms with E-state index in [9.17, 15) is 0 Å². The van der Waals surface area contributed by atoms with Crippen molar-refractivity contribution in [3.63, 3.8) is 0 Å². The molecule has 0 saturated carbocycles. The molecule has 0 aliphatic heterocycles. The van der Waals surface area contributed by atoms with E-state index in [0.717, 1.165) is 13.1 Å². The van der Waals surface area contributed by atoms with Gasteiger partial charge in [-0.2, -0.15) is 0 Å². The summed E-state index contributed by atoms with van der Waals surface area (Å²) in [7, 11) is 0. The molecular formula is C13H22N2. The summed E-state index contributed by atoms with van der Waals surface area (Å²) in [5, 5.41) is 0. The Hall–Kier alpha value is -1.02. The van der Waals surface area contributed by atoms with Gasteiger partial charge in [0.05, 0.1) is 0 Å². The van der Waals surface area contributed by atoms with Crippen LogP contribution >= 0.6 is 0 Å². The predicted octanol–water partition coefficient (Wildman–Crippen LogP) is 2.69. The minimum atomic E-state index is 0.621. The summed E-state index contributed by atoms with van der Waals surface area (Å²) in [5.41, 5.74) is 9.62. The van der Waals surface area contributed by atoms with Crippen molar-refractivity contribution in [2.75, 3.05) is 18.0 Å². The standard InChI is InChI=1S/C13H22N2/c1-4-8-15(5-2)13-9-11(3)6-7-12(13)10-14/h6-7,9H,4-5,8,10,14H2,1-3H3. The zero-order chi connectivity index (χ0) is 11.3. The highest BCUT2D eigenvalue weighted by Gasteiger charge is 2.07. The van der Waals surface area contributed by atoms with E-state index < -0.39 is 0 Å². The number of nitrogens with zero attached hydrogens (tertiary/aromatic N) is 1. The van der Waals surface area contributed by atoms with E-state index >= 15 is 0 Å². The first-order valence-corrected chi connectivity index (χ1v) is 5.77. The lowest BCUT2D eigenvalue weighted by molar-refractivity contribution is 0.784. The number of anilines is 1. The van der Waals surface area contributed by atoms with Crippen molar-refractivity contribution in [2.24, 2.45) is 5.73 Å². The summed E-state index contributed by atoms with van der Waals surface area (Å²) >= 11 is 0. The van der Waals surface area contributed by atoms with E-state index in [4.69, 9.17) is 5.73 Å². The molecule has 15 heavy (non-hydrogen) atoms. The van der Waals surface area contributed by atoms with Gasteiger partial charge in [0, 0.05) is 25.3 Å². The van der Waals surface area contributed by atoms with Crippen molar-refractivity contribution in [3.8, 4) is 0 Å². The van der Waals surface area contributed by atoms with Gasteiger partial charge in [-0.1, -0.05) is 19.1 Å². The van der Waals surface area contributed by atoms with Crippen LogP contribution in [0, 0.1) is 6.92 Å². The van der Waals surface area contributed by atoms with Gasteiger partial charge in [-0.15, -0.1) is 0 Å². The van der Waals surface area contributed by atoms with Gasteiger partial charge in [-0.25, -0.2) is 0 Å². The Balaban J connectivity index is 3.02. The van der Waals surface area contributed by atoms with Gasteiger partial charge in [0.15, 0.2) is 0 Å². The molecule has 0 spiro atoms. The molecule has 0 aromatic heterocycles. The lowest BCUT2D eigenvalue weighted by Gasteiger charge is -2.25. The lowest BCUT2D eigenvalue weighted by atomic mass is 10.1. The van der Waals surface area contributed by atoms with Crippen LogP contribution in [0.2, 0.25) is 0 Å². The van der Waals surface area contributed by atoms with Crippen LogP contribution in [0.4, 0.5) is 5.69 Å². The molecular weight excluding hydrogens is 184 g/mol. The van der Waals surface area contributed by atoms with Crippen LogP contribution in [-0.4, -0.2) is 13.1 Å². The molecule has 84 valence electrons. The first-order valence-electron chi connectivity index (χ1n) is 5.77. The van der Waals surface area contributed by atoms with Gasteiger partial charge in [-0.3, -0.25) is 0 Å². The second-order valence-corrected chi connectivity index (χ2v) is 3.92. The Morgan fingerprint density at radius 3 is 2.53 bits per heavy atom. The fraction of sp³-hybridized carbons (Fsp3) is 0.538. The Morgan fingerprint density at radius 1 is 1.27 bits per heavy atom. The first kappa shape index (κ1) is 12.1. The minimum absolute atomic E-state index is 0.621. The van der Waals surface area contributed by atoms with Crippen LogP contribution in [0.15, 0.2) is 18.2 Å². The van der Waals surface area contributed by atoms with Crippen LogP contribution < -0.4 is 10.6 Å². The fourth-order valence-corrected chi connectivity index (χ4v) is 1.86. The molecule has 0 fully saturated rings. The van der Waals surface area contributed by atoms with Crippen LogP contribution in [0.1, 0.15) is 31.4 Å². The summed E-state index contributed by atoms with van der Waals surface area (Å²) in [6, 6.07) is 6.51. The Kier molecular flexibility index (Phi) is 4.63. The molecule has 0 aliphatic rings. The molecule has 0 atom stereocenters. The van der Waals surface area contributed by atoms with Gasteiger partial charge in [-0.05, 0) is 37.5 Å². The van der Waals surface area contributed by atoms with E-state index in [-0.39, 0.29) is 0 Å². The largest absolute Gasteiger partial charge is 0.372 e. The van der Waals surface area contributed by atoms with E-state index in [1.165, 1.54) is 23.2 Å². The third-order valence-corrected chi connectivity index (χ3v) is 2.68. The lowest BCUT2D eigenvalue weighted by Crippen LogP contribution is -2.25. The van der Waals surface area contributed by atoms with Crippen molar-refractivity contribution in [1.29, 1.82) is 0 Å².